The molecule has 0 aliphatic carbocycles. The molecule has 6 aromatic heterocycles. The molecule has 97 heavy (non-hydrogen) atoms. The van der Waals surface area contributed by atoms with E-state index in [2.05, 4.69) is 49.8 Å². The molecule has 19 nitrogen and oxygen atoms in total. The van der Waals surface area contributed by atoms with Gasteiger partial charge in [-0.2, -0.15) is 39.5 Å². The Morgan fingerprint density at radius 2 is 0.866 bits per heavy atom. The van der Waals surface area contributed by atoms with Crippen LogP contribution in [0.25, 0.3) is 34.3 Å². The summed E-state index contributed by atoms with van der Waals surface area (Å²) in [6.45, 7) is 1.92. The van der Waals surface area contributed by atoms with Gasteiger partial charge in [-0.15, -0.1) is 0 Å². The van der Waals surface area contributed by atoms with Gasteiger partial charge in [0.15, 0.2) is 5.82 Å². The molecule has 502 valence electrons. The van der Waals surface area contributed by atoms with Crippen molar-refractivity contribution in [3.05, 3.63) is 197 Å². The van der Waals surface area contributed by atoms with Crippen LogP contribution in [-0.2, 0) is 31.4 Å². The van der Waals surface area contributed by atoms with E-state index in [4.69, 9.17) is 13.6 Å². The summed E-state index contributed by atoms with van der Waals surface area (Å²) in [7, 11) is 0. The van der Waals surface area contributed by atoms with E-state index in [9.17, 15) is 62.7 Å². The molecule has 6 bridgehead atoms. The van der Waals surface area contributed by atoms with Gasteiger partial charge in [0.05, 0.1) is 68.5 Å². The van der Waals surface area contributed by atoms with Gasteiger partial charge in [-0.25, -0.2) is 58.6 Å². The zero-order chi connectivity index (χ0) is 68.1. The Kier molecular flexibility index (Phi) is 17.9. The fourth-order valence-corrected chi connectivity index (χ4v) is 14.5. The molecule has 12 heterocycles. The second kappa shape index (κ2) is 26.4. The molecule has 6 saturated heterocycles. The standard InChI is InChI=1S/C23H21F3N4O2.C22H17F4N5O2.C22H18F4N4O2/c1-13-3-2-4-17(20(13)21-27-7-8-32-21)22(31)30-16-5-6-18(30)14(9-16)10-19-28-11-15(12-29-19)23(24,25)26;23-15-4-1-3-14(18(15)19-27-7-2-8-28-19)20(32)31-13-5-6-16(31)17(9-13)33-21-29-10-12(11-30-21)22(24,25)26;23-16-3-1-2-15(19(16)20-27-6-7-32-20)21(31)30-14-4-5-17(30)12(8-14)9-18-28-10-13(11-29-18)22(24,25)26/h2-4,7-8,11-12,14,16,18H,5-6,9-10H2,1H3;1-4,7-8,10-11,13,16-17H,5-6,9H2;1-3,6-7,10-12,14,17H,4-5,8-9H2. The minimum atomic E-state index is -4.54. The molecule has 0 N–H and O–H groups in total. The molecule has 0 spiro atoms. The summed E-state index contributed by atoms with van der Waals surface area (Å²) >= 11 is 0. The van der Waals surface area contributed by atoms with Crippen molar-refractivity contribution < 1.29 is 76.2 Å². The van der Waals surface area contributed by atoms with Crippen LogP contribution in [0.5, 0.6) is 6.01 Å². The SMILES string of the molecule is Cc1cccc(C(=O)N2C3CCC2C(Cc2ncc(C(F)(F)F)cn2)C3)c1-c1ncco1.O=C(c1cccc(F)c1-c1ncccn1)N1C2CCC1C(Oc1ncc(C(F)(F)F)cn1)C2.O=C(c1cccc(F)c1-c1ncco1)N1C2CCC1C(Cc1ncc(C(F)(F)F)cn1)C2. The number of aromatic nitrogens is 10. The number of hydrogen-bond donors (Lipinski definition) is 0. The first-order valence-electron chi connectivity index (χ1n) is 31.0. The smallest absolute Gasteiger partial charge is 0.419 e. The van der Waals surface area contributed by atoms with E-state index in [0.717, 1.165) is 68.9 Å². The Bertz CT molecular complexity index is 4120. The number of amides is 3. The summed E-state index contributed by atoms with van der Waals surface area (Å²) in [4.78, 5) is 85.3. The average Bonchev–Trinajstić information content (AvgIpc) is 1.59. The molecule has 3 amide bonds. The fraction of sp³-hybridized carbons (Fsp3) is 0.358. The van der Waals surface area contributed by atoms with Crippen LogP contribution in [0, 0.1) is 30.4 Å². The highest BCUT2D eigenvalue weighted by Gasteiger charge is 2.53. The van der Waals surface area contributed by atoms with Gasteiger partial charge in [-0.05, 0) is 112 Å². The highest BCUT2D eigenvalue weighted by Crippen LogP contribution is 2.47. The third-order valence-corrected chi connectivity index (χ3v) is 18.8. The molecule has 15 rings (SSSR count). The Hall–Kier alpha value is -10.2. The van der Waals surface area contributed by atoms with Crippen LogP contribution in [-0.4, -0.2) is 125 Å². The molecule has 6 fully saturated rings. The maximum absolute atomic E-state index is 14.7. The van der Waals surface area contributed by atoms with Gasteiger partial charge in [-0.3, -0.25) is 14.4 Å². The minimum Gasteiger partial charge on any atom is -0.458 e. The Morgan fingerprint density at radius 1 is 0.464 bits per heavy atom. The predicted molar refractivity (Wildman–Crippen MR) is 319 cm³/mol. The molecule has 3 aromatic carbocycles. The molecular weight excluding hydrogens is 1290 g/mol. The van der Waals surface area contributed by atoms with E-state index >= 15 is 0 Å². The second-order valence-electron chi connectivity index (χ2n) is 24.4. The van der Waals surface area contributed by atoms with Crippen molar-refractivity contribution >= 4 is 17.7 Å². The van der Waals surface area contributed by atoms with Crippen LogP contribution in [0.2, 0.25) is 0 Å². The third kappa shape index (κ3) is 13.3. The number of nitrogens with zero attached hydrogens (tertiary/aromatic N) is 13. The summed E-state index contributed by atoms with van der Waals surface area (Å²) in [5, 5.41) is 0. The molecule has 0 radical (unpaired) electrons. The summed E-state index contributed by atoms with van der Waals surface area (Å²) in [6.07, 6.45) is 6.82. The molecule has 9 aromatic rings. The lowest BCUT2D eigenvalue weighted by Crippen LogP contribution is -2.39. The molecule has 0 saturated carbocycles. The lowest BCUT2D eigenvalue weighted by Gasteiger charge is -2.25. The van der Waals surface area contributed by atoms with Crippen LogP contribution < -0.4 is 4.74 Å². The quantitative estimate of drug-likeness (QED) is 0.104. The van der Waals surface area contributed by atoms with Gasteiger partial charge < -0.3 is 28.3 Å². The fourth-order valence-electron chi connectivity index (χ4n) is 14.5. The lowest BCUT2D eigenvalue weighted by molar-refractivity contribution is -0.139. The van der Waals surface area contributed by atoms with Crippen molar-refractivity contribution in [3.8, 4) is 40.3 Å². The van der Waals surface area contributed by atoms with Crippen LogP contribution in [0.4, 0.5) is 48.3 Å². The molecule has 9 atom stereocenters. The number of halogens is 11. The number of ether oxygens (including phenoxy) is 1. The molecular formula is C67H56F11N13O6. The van der Waals surface area contributed by atoms with Crippen LogP contribution >= 0.6 is 0 Å². The molecule has 6 aliphatic heterocycles. The Labute approximate surface area is 544 Å². The number of carbonyl (C=O) groups excluding carboxylic acids is 3. The first-order chi connectivity index (χ1) is 46.5. The minimum absolute atomic E-state index is 0.0105. The van der Waals surface area contributed by atoms with E-state index in [1.165, 1.54) is 61.4 Å². The topological polar surface area (TPSA) is 225 Å². The van der Waals surface area contributed by atoms with Gasteiger partial charge in [0, 0.05) is 99.0 Å². The number of benzene rings is 3. The van der Waals surface area contributed by atoms with Crippen molar-refractivity contribution in [2.75, 3.05) is 0 Å². The molecule has 30 heteroatoms. The Morgan fingerprint density at radius 3 is 1.33 bits per heavy atom. The monoisotopic (exact) mass is 1350 g/mol. The third-order valence-electron chi connectivity index (χ3n) is 18.8. The van der Waals surface area contributed by atoms with Crippen LogP contribution in [0.1, 0.15) is 123 Å². The largest absolute Gasteiger partial charge is 0.458 e. The number of carbonyl (C=O) groups is 3. The van der Waals surface area contributed by atoms with Crippen LogP contribution in [0.15, 0.2) is 144 Å². The van der Waals surface area contributed by atoms with Crippen molar-refractivity contribution in [3.63, 3.8) is 0 Å². The maximum atomic E-state index is 14.7. The van der Waals surface area contributed by atoms with E-state index in [0.29, 0.717) is 73.2 Å². The summed E-state index contributed by atoms with van der Waals surface area (Å²) < 4.78 is 161. The molecule has 6 aliphatic rings. The van der Waals surface area contributed by atoms with Crippen molar-refractivity contribution in [2.45, 2.75) is 138 Å². The summed E-state index contributed by atoms with van der Waals surface area (Å²) in [5.41, 5.74) is -0.205. The number of oxazole rings is 2. The summed E-state index contributed by atoms with van der Waals surface area (Å²) in [6, 6.07) is 15.0. The number of hydrogen-bond acceptors (Lipinski definition) is 16. The highest BCUT2D eigenvalue weighted by atomic mass is 19.4. The van der Waals surface area contributed by atoms with E-state index in [-0.39, 0.29) is 106 Å². The highest BCUT2D eigenvalue weighted by molar-refractivity contribution is 6.02. The second-order valence-corrected chi connectivity index (χ2v) is 24.4. The van der Waals surface area contributed by atoms with Gasteiger partial charge in [0.25, 0.3) is 17.7 Å². The average molecular weight is 1350 g/mol. The summed E-state index contributed by atoms with van der Waals surface area (Å²) in [5.74, 6) is -0.568. The van der Waals surface area contributed by atoms with Gasteiger partial charge in [0.1, 0.15) is 41.9 Å². The van der Waals surface area contributed by atoms with Gasteiger partial charge >= 0.3 is 24.5 Å². The number of alkyl halides is 9. The molecule has 9 unspecified atom stereocenters. The zero-order valence-corrected chi connectivity index (χ0v) is 51.1. The lowest BCUT2D eigenvalue weighted by atomic mass is 9.86. The van der Waals surface area contributed by atoms with E-state index < -0.39 is 53.0 Å². The first kappa shape index (κ1) is 65.5. The van der Waals surface area contributed by atoms with Crippen molar-refractivity contribution in [2.24, 2.45) is 11.8 Å². The number of rotatable bonds is 12. The van der Waals surface area contributed by atoms with Crippen molar-refractivity contribution in [1.82, 2.24) is 64.5 Å². The number of fused-ring (bicyclic) bond motifs is 6. The zero-order valence-electron chi connectivity index (χ0n) is 51.1. The first-order valence-corrected chi connectivity index (χ1v) is 31.0. The van der Waals surface area contributed by atoms with Gasteiger partial charge in [-0.1, -0.05) is 24.3 Å². The number of aryl methyl sites for hydroxylation is 1. The van der Waals surface area contributed by atoms with E-state index in [1.54, 1.807) is 34.2 Å². The maximum Gasteiger partial charge on any atom is 0.419 e. The predicted octanol–water partition coefficient (Wildman–Crippen LogP) is 13.1. The Balaban J connectivity index is 0.000000131. The normalized spacial score (nSPS) is 22.3. The van der Waals surface area contributed by atoms with E-state index in [1.807, 2.05) is 24.0 Å². The van der Waals surface area contributed by atoms with Crippen molar-refractivity contribution in [1.29, 1.82) is 0 Å². The van der Waals surface area contributed by atoms with Crippen LogP contribution in [0.3, 0.4) is 0 Å². The van der Waals surface area contributed by atoms with Gasteiger partial charge in [0.2, 0.25) is 11.8 Å².